The Kier molecular flexibility index (Phi) is 23.7. The van der Waals surface area contributed by atoms with Gasteiger partial charge >= 0.3 is 0 Å². The van der Waals surface area contributed by atoms with Gasteiger partial charge in [-0.25, -0.2) is 18.7 Å². The average Bonchev–Trinajstić information content (AvgIpc) is 4.37. The molecule has 4 aliphatic heterocycles. The lowest BCUT2D eigenvalue weighted by atomic mass is 9.87. The lowest BCUT2D eigenvalue weighted by Crippen LogP contribution is -2.59. The smallest absolute Gasteiger partial charge is 0.253 e. The van der Waals surface area contributed by atoms with Crippen LogP contribution >= 0.6 is 0 Å². The third-order valence-electron chi connectivity index (χ3n) is 13.9. The van der Waals surface area contributed by atoms with Crippen LogP contribution in [0.1, 0.15) is 0 Å². The summed E-state index contributed by atoms with van der Waals surface area (Å²) in [7, 11) is 0. The highest BCUT2D eigenvalue weighted by Gasteiger charge is 2.48. The Morgan fingerprint density at radius 2 is 0.529 bits per heavy atom. The van der Waals surface area contributed by atoms with Gasteiger partial charge in [-0.2, -0.15) is 0 Å². The Morgan fingerprint density at radius 1 is 0.318 bits per heavy atom. The van der Waals surface area contributed by atoms with Crippen molar-refractivity contribution in [2.24, 2.45) is 5.41 Å². The second-order valence-electron chi connectivity index (χ2n) is 20.2. The van der Waals surface area contributed by atoms with Gasteiger partial charge in [-0.3, -0.25) is 0 Å². The zero-order chi connectivity index (χ0) is 61.0. The molecule has 4 aromatic rings. The molecule has 8 rings (SSSR count). The van der Waals surface area contributed by atoms with Gasteiger partial charge in [-0.05, 0) is 0 Å². The summed E-state index contributed by atoms with van der Waals surface area (Å²) in [5, 5.41) is 195. The molecule has 4 saturated heterocycles. The molecule has 4 fully saturated rings. The Hall–Kier alpha value is -5.20. The first-order chi connectivity index (χ1) is 40.8. The first-order valence-corrected chi connectivity index (χ1v) is 26.6. The number of aliphatic hydroxyl groups excluding tert-OH is 16. The molecule has 0 saturated carbocycles. The standard InChI is InChI=1S/C45H72N12O28/c58-13-21-29(62)33(66)37(70)41(82-21)78-5-1-74-25-9-54(50-46-25)17-45(18-55-10-26(47-51-55)75-2-6-79-42-38(71)34(67)30(63)22(14-59)83-42,19-56-11-27(48-52-56)76-3-7-80-43-39(72)35(68)31(64)23(15-60)84-43)20-57-12-28(49-53-57)77-4-8-81-44-40(73)36(69)32(65)24(16-61)85-44/h9-12,21-24,29-44,58-73H,1-8,13-20H2/t21-,22-,23-,24-,29-,30-,31-,32-,33+,34+,35+,36+,37+,38+,39+,40+,41+,42+,43+,44+/m1/s1. The van der Waals surface area contributed by atoms with Crippen molar-refractivity contribution < 1.29 is 139 Å². The van der Waals surface area contributed by atoms with Crippen molar-refractivity contribution in [2.75, 3.05) is 79.3 Å². The summed E-state index contributed by atoms with van der Waals surface area (Å²) in [6.45, 7) is -4.71. The molecule has 4 aliphatic rings. The fraction of sp³-hybridized carbons (Fsp3) is 0.822. The highest BCUT2D eigenvalue weighted by Crippen LogP contribution is 2.31. The van der Waals surface area contributed by atoms with E-state index in [1.165, 1.54) is 43.5 Å². The highest BCUT2D eigenvalue weighted by atomic mass is 16.7. The van der Waals surface area contributed by atoms with E-state index in [2.05, 4.69) is 41.2 Å². The summed E-state index contributed by atoms with van der Waals surface area (Å²) in [5.74, 6) is -0.0614. The zero-order valence-electron chi connectivity index (χ0n) is 45.1. The molecule has 480 valence electrons. The Labute approximate surface area is 479 Å². The minimum absolute atomic E-state index is 0.0153. The molecule has 0 bridgehead atoms. The van der Waals surface area contributed by atoms with Gasteiger partial charge in [0.25, 0.3) is 23.5 Å². The van der Waals surface area contributed by atoms with E-state index in [9.17, 15) is 81.7 Å². The van der Waals surface area contributed by atoms with Gasteiger partial charge in [-0.1, -0.05) is 41.2 Å². The van der Waals surface area contributed by atoms with Crippen LogP contribution in [0.15, 0.2) is 24.8 Å². The van der Waals surface area contributed by atoms with Crippen molar-refractivity contribution in [2.45, 2.75) is 149 Å². The van der Waals surface area contributed by atoms with Crippen molar-refractivity contribution >= 4 is 0 Å². The molecule has 0 unspecified atom stereocenters. The van der Waals surface area contributed by atoms with Crippen molar-refractivity contribution in [3.8, 4) is 23.5 Å². The summed E-state index contributed by atoms with van der Waals surface area (Å²) in [6, 6.07) is 0. The Morgan fingerprint density at radius 3 is 0.729 bits per heavy atom. The lowest BCUT2D eigenvalue weighted by molar-refractivity contribution is -0.301. The maximum atomic E-state index is 10.4. The van der Waals surface area contributed by atoms with Crippen molar-refractivity contribution in [1.29, 1.82) is 0 Å². The minimum Gasteiger partial charge on any atom is -0.473 e. The van der Waals surface area contributed by atoms with E-state index >= 15 is 0 Å². The summed E-state index contributed by atoms with van der Waals surface area (Å²) < 4.78 is 72.5. The molecule has 40 heteroatoms. The fourth-order valence-electron chi connectivity index (χ4n) is 9.43. The molecule has 20 atom stereocenters. The van der Waals surface area contributed by atoms with E-state index in [1.54, 1.807) is 0 Å². The number of ether oxygens (including phenoxy) is 12. The molecule has 0 radical (unpaired) electrons. The monoisotopic (exact) mass is 1230 g/mol. The van der Waals surface area contributed by atoms with E-state index in [0.29, 0.717) is 0 Å². The topological polar surface area (TPSA) is 557 Å². The van der Waals surface area contributed by atoms with E-state index in [4.69, 9.17) is 56.8 Å². The van der Waals surface area contributed by atoms with E-state index in [-0.39, 0.29) is 103 Å². The van der Waals surface area contributed by atoms with Gasteiger partial charge in [-0.15, -0.1) is 0 Å². The maximum Gasteiger partial charge on any atom is 0.253 e. The second kappa shape index (κ2) is 30.6. The third-order valence-corrected chi connectivity index (χ3v) is 13.9. The van der Waals surface area contributed by atoms with Crippen LogP contribution in [0.3, 0.4) is 0 Å². The Bertz CT molecular complexity index is 2240. The fourth-order valence-corrected chi connectivity index (χ4v) is 9.43. The first-order valence-electron chi connectivity index (χ1n) is 26.6. The number of aliphatic hydroxyl groups is 16. The summed E-state index contributed by atoms with van der Waals surface area (Å²) >= 11 is 0. The predicted molar refractivity (Wildman–Crippen MR) is 263 cm³/mol. The molecule has 85 heavy (non-hydrogen) atoms. The molecule has 0 amide bonds. The highest BCUT2D eigenvalue weighted by molar-refractivity contribution is 5.05. The molecule has 8 heterocycles. The van der Waals surface area contributed by atoms with Crippen LogP contribution in [-0.2, 0) is 64.1 Å². The van der Waals surface area contributed by atoms with Gasteiger partial charge in [0, 0.05) is 5.41 Å². The molecule has 40 nitrogen and oxygen atoms in total. The molecule has 0 aliphatic carbocycles. The molecule has 0 spiro atoms. The van der Waals surface area contributed by atoms with Crippen LogP contribution in [0.2, 0.25) is 0 Å². The largest absolute Gasteiger partial charge is 0.473 e. The predicted octanol–water partition coefficient (Wildman–Crippen LogP) is -12.1. The van der Waals surface area contributed by atoms with Crippen LogP contribution in [-0.4, -0.2) is 344 Å². The van der Waals surface area contributed by atoms with Gasteiger partial charge in [0.15, 0.2) is 25.2 Å². The van der Waals surface area contributed by atoms with Crippen LogP contribution < -0.4 is 18.9 Å². The number of nitrogens with zero attached hydrogens (tertiary/aromatic N) is 12. The van der Waals surface area contributed by atoms with Gasteiger partial charge in [0.1, 0.15) is 124 Å². The van der Waals surface area contributed by atoms with Crippen LogP contribution in [0.5, 0.6) is 23.5 Å². The molecule has 4 aromatic heterocycles. The first kappa shape index (κ1) is 65.8. The summed E-state index contributed by atoms with van der Waals surface area (Å²) in [4.78, 5) is 0. The van der Waals surface area contributed by atoms with Crippen molar-refractivity contribution in [3.05, 3.63) is 24.8 Å². The number of hydrogen-bond donors (Lipinski definition) is 16. The SMILES string of the molecule is OC[C@H]1O[C@H](OCCOc2cn(CC(Cn3cc(OCCO[C@H]4O[C@H](CO)[C@@H](O)[C@H](O)[C@@H]4O)nn3)(Cn3cc(OCCO[C@H]4O[C@H](CO)[C@@H](O)[C@H](O)[C@@H]4O)nn3)Cn3cc(OCCO[C@H]4O[C@H](CO)[C@@H](O)[C@H](O)[C@@H]4O)nn3)nn2)[C@@H](O)[C@@H](O)[C@@H]1O. The van der Waals surface area contributed by atoms with Gasteiger partial charge in [0.05, 0.1) is 104 Å². The van der Waals surface area contributed by atoms with Gasteiger partial charge < -0.3 is 139 Å². The van der Waals surface area contributed by atoms with Crippen molar-refractivity contribution in [3.63, 3.8) is 0 Å². The molecule has 16 N–H and O–H groups in total. The minimum atomic E-state index is -1.67. The third kappa shape index (κ3) is 16.7. The lowest BCUT2D eigenvalue weighted by Gasteiger charge is -2.39. The molecular weight excluding hydrogens is 1160 g/mol. The Balaban J connectivity index is 0.990. The summed E-state index contributed by atoms with van der Waals surface area (Å²) in [6.07, 6.45) is -24.5. The second-order valence-corrected chi connectivity index (χ2v) is 20.2. The van der Waals surface area contributed by atoms with Gasteiger partial charge in [0.2, 0.25) is 0 Å². The zero-order valence-corrected chi connectivity index (χ0v) is 45.1. The van der Waals surface area contributed by atoms with E-state index in [1.807, 2.05) is 0 Å². The quantitative estimate of drug-likeness (QED) is 0.0202. The maximum absolute atomic E-state index is 10.4. The molecular formula is C45H72N12O28. The summed E-state index contributed by atoms with van der Waals surface area (Å²) in [5.41, 5.74) is -1.23. The average molecular weight is 1230 g/mol. The number of hydrogen-bond acceptors (Lipinski definition) is 36. The van der Waals surface area contributed by atoms with Crippen LogP contribution in [0, 0.1) is 5.41 Å². The number of aromatic nitrogens is 12. The normalized spacial score (nSPS) is 33.7. The van der Waals surface area contributed by atoms with Crippen molar-refractivity contribution in [1.82, 2.24) is 60.0 Å². The molecule has 0 aromatic carbocycles. The van der Waals surface area contributed by atoms with Crippen LogP contribution in [0.25, 0.3) is 0 Å². The van der Waals surface area contributed by atoms with E-state index < -0.39 is 155 Å². The number of rotatable bonds is 32. The van der Waals surface area contributed by atoms with E-state index in [0.717, 1.165) is 0 Å². The van der Waals surface area contributed by atoms with Crippen LogP contribution in [0.4, 0.5) is 0 Å².